The van der Waals surface area contributed by atoms with E-state index in [-0.39, 0.29) is 0 Å². The normalized spacial score (nSPS) is 12.4. The minimum atomic E-state index is -0.603. The molecule has 1 atom stereocenters. The Labute approximate surface area is 112 Å². The Bertz CT molecular complexity index is 566. The molecule has 0 radical (unpaired) electrons. The summed E-state index contributed by atoms with van der Waals surface area (Å²) in [5.41, 5.74) is 8.41. The second kappa shape index (κ2) is 5.93. The highest BCUT2D eigenvalue weighted by Crippen LogP contribution is 2.23. The van der Waals surface area contributed by atoms with E-state index in [1.807, 2.05) is 24.3 Å². The zero-order valence-corrected chi connectivity index (χ0v) is 10.9. The van der Waals surface area contributed by atoms with Crippen molar-refractivity contribution in [2.75, 3.05) is 0 Å². The van der Waals surface area contributed by atoms with Crippen LogP contribution >= 0.6 is 0 Å². The summed E-state index contributed by atoms with van der Waals surface area (Å²) in [4.78, 5) is 0. The molecule has 2 aromatic rings. The molecule has 1 nitrogen and oxygen atoms in total. The van der Waals surface area contributed by atoms with Gasteiger partial charge in [0, 0.05) is 11.6 Å². The third-order valence-corrected chi connectivity index (χ3v) is 3.15. The second-order valence-electron chi connectivity index (χ2n) is 4.64. The van der Waals surface area contributed by atoms with Crippen molar-refractivity contribution in [3.8, 4) is 0 Å². The standard InChI is InChI=1S/C16H17F2N/c1-2-4-11-5-3-6-12(9-11)16(19)14-8-7-13(17)10-15(14)18/h3,5-10,16H,2,4,19H2,1H3. The topological polar surface area (TPSA) is 26.0 Å². The van der Waals surface area contributed by atoms with Crippen LogP contribution in [0.2, 0.25) is 0 Å². The van der Waals surface area contributed by atoms with Crippen LogP contribution in [-0.2, 0) is 6.42 Å². The van der Waals surface area contributed by atoms with Gasteiger partial charge in [-0.05, 0) is 23.6 Å². The van der Waals surface area contributed by atoms with Crippen molar-refractivity contribution in [3.05, 3.63) is 70.8 Å². The number of hydrogen-bond donors (Lipinski definition) is 1. The lowest BCUT2D eigenvalue weighted by Crippen LogP contribution is -2.14. The third kappa shape index (κ3) is 3.18. The van der Waals surface area contributed by atoms with E-state index in [4.69, 9.17) is 5.73 Å². The first kappa shape index (κ1) is 13.7. The predicted octanol–water partition coefficient (Wildman–Crippen LogP) is 3.97. The molecule has 0 fully saturated rings. The van der Waals surface area contributed by atoms with Gasteiger partial charge in [-0.2, -0.15) is 0 Å². The molecule has 2 aromatic carbocycles. The van der Waals surface area contributed by atoms with Crippen molar-refractivity contribution < 1.29 is 8.78 Å². The third-order valence-electron chi connectivity index (χ3n) is 3.15. The fraction of sp³-hybridized carbons (Fsp3) is 0.250. The molecule has 0 spiro atoms. The quantitative estimate of drug-likeness (QED) is 0.885. The molecule has 2 N–H and O–H groups in total. The van der Waals surface area contributed by atoms with E-state index in [1.54, 1.807) is 0 Å². The molecule has 0 saturated heterocycles. The Morgan fingerprint density at radius 2 is 1.89 bits per heavy atom. The molecule has 2 rings (SSSR count). The van der Waals surface area contributed by atoms with Gasteiger partial charge in [0.2, 0.25) is 0 Å². The molecule has 0 aliphatic heterocycles. The Morgan fingerprint density at radius 3 is 2.58 bits per heavy atom. The van der Waals surface area contributed by atoms with Crippen LogP contribution in [0, 0.1) is 11.6 Å². The molecule has 19 heavy (non-hydrogen) atoms. The summed E-state index contributed by atoms with van der Waals surface area (Å²) in [6.07, 6.45) is 2.01. The maximum absolute atomic E-state index is 13.7. The van der Waals surface area contributed by atoms with Crippen LogP contribution in [0.15, 0.2) is 42.5 Å². The highest BCUT2D eigenvalue weighted by atomic mass is 19.1. The molecule has 0 saturated carbocycles. The maximum Gasteiger partial charge on any atom is 0.131 e. The van der Waals surface area contributed by atoms with Gasteiger partial charge in [0.25, 0.3) is 0 Å². The van der Waals surface area contributed by atoms with Crippen molar-refractivity contribution in [3.63, 3.8) is 0 Å². The molecule has 0 heterocycles. The second-order valence-corrected chi connectivity index (χ2v) is 4.64. The SMILES string of the molecule is CCCc1cccc(C(N)c2ccc(F)cc2F)c1. The summed E-state index contributed by atoms with van der Waals surface area (Å²) in [5, 5.41) is 0. The summed E-state index contributed by atoms with van der Waals surface area (Å²) >= 11 is 0. The van der Waals surface area contributed by atoms with Gasteiger partial charge in [-0.15, -0.1) is 0 Å². The largest absolute Gasteiger partial charge is 0.320 e. The van der Waals surface area contributed by atoms with Gasteiger partial charge < -0.3 is 5.73 Å². The van der Waals surface area contributed by atoms with E-state index in [1.165, 1.54) is 17.7 Å². The summed E-state index contributed by atoms with van der Waals surface area (Å²) < 4.78 is 26.6. The van der Waals surface area contributed by atoms with Gasteiger partial charge >= 0.3 is 0 Å². The van der Waals surface area contributed by atoms with Crippen LogP contribution in [0.4, 0.5) is 8.78 Å². The van der Waals surface area contributed by atoms with Gasteiger partial charge in [0.15, 0.2) is 0 Å². The lowest BCUT2D eigenvalue weighted by molar-refractivity contribution is 0.566. The molecule has 0 aliphatic carbocycles. The zero-order chi connectivity index (χ0) is 13.8. The van der Waals surface area contributed by atoms with Crippen molar-refractivity contribution in [1.82, 2.24) is 0 Å². The van der Waals surface area contributed by atoms with Crippen LogP contribution in [0.1, 0.15) is 36.1 Å². The molecule has 0 aliphatic rings. The number of hydrogen-bond acceptors (Lipinski definition) is 1. The van der Waals surface area contributed by atoms with E-state index in [0.29, 0.717) is 5.56 Å². The molecule has 100 valence electrons. The van der Waals surface area contributed by atoms with Crippen LogP contribution in [0.5, 0.6) is 0 Å². The van der Waals surface area contributed by atoms with Crippen LogP contribution < -0.4 is 5.73 Å². The molecular weight excluding hydrogens is 244 g/mol. The van der Waals surface area contributed by atoms with E-state index in [0.717, 1.165) is 24.5 Å². The highest BCUT2D eigenvalue weighted by molar-refractivity contribution is 5.34. The zero-order valence-electron chi connectivity index (χ0n) is 10.9. The Morgan fingerprint density at radius 1 is 1.11 bits per heavy atom. The summed E-state index contributed by atoms with van der Waals surface area (Å²) in [6, 6.07) is 10.7. The van der Waals surface area contributed by atoms with Crippen LogP contribution in [0.25, 0.3) is 0 Å². The first-order chi connectivity index (χ1) is 9.11. The number of nitrogens with two attached hydrogens (primary N) is 1. The van der Waals surface area contributed by atoms with E-state index in [9.17, 15) is 8.78 Å². The number of benzene rings is 2. The predicted molar refractivity (Wildman–Crippen MR) is 72.8 cm³/mol. The molecule has 0 amide bonds. The van der Waals surface area contributed by atoms with Gasteiger partial charge in [-0.1, -0.05) is 43.7 Å². The first-order valence-corrected chi connectivity index (χ1v) is 6.41. The van der Waals surface area contributed by atoms with E-state index < -0.39 is 17.7 Å². The lowest BCUT2D eigenvalue weighted by atomic mass is 9.96. The van der Waals surface area contributed by atoms with Gasteiger partial charge in [0.05, 0.1) is 6.04 Å². The molecule has 3 heteroatoms. The molecule has 0 bridgehead atoms. The first-order valence-electron chi connectivity index (χ1n) is 6.41. The number of halogens is 2. The Balaban J connectivity index is 2.32. The fourth-order valence-corrected chi connectivity index (χ4v) is 2.16. The Kier molecular flexibility index (Phi) is 4.27. The molecular formula is C16H17F2N. The fourth-order valence-electron chi connectivity index (χ4n) is 2.16. The van der Waals surface area contributed by atoms with Gasteiger partial charge in [-0.25, -0.2) is 8.78 Å². The maximum atomic E-state index is 13.7. The average molecular weight is 261 g/mol. The average Bonchev–Trinajstić information content (AvgIpc) is 2.39. The summed E-state index contributed by atoms with van der Waals surface area (Å²) in [6.45, 7) is 2.10. The number of aryl methyl sites for hydroxylation is 1. The summed E-state index contributed by atoms with van der Waals surface area (Å²) in [5.74, 6) is -1.19. The van der Waals surface area contributed by atoms with Gasteiger partial charge in [0.1, 0.15) is 11.6 Å². The smallest absolute Gasteiger partial charge is 0.131 e. The number of rotatable bonds is 4. The lowest BCUT2D eigenvalue weighted by Gasteiger charge is -2.14. The minimum Gasteiger partial charge on any atom is -0.320 e. The van der Waals surface area contributed by atoms with Crippen LogP contribution in [-0.4, -0.2) is 0 Å². The minimum absolute atomic E-state index is 0.315. The van der Waals surface area contributed by atoms with E-state index >= 15 is 0 Å². The Hall–Kier alpha value is -1.74. The highest BCUT2D eigenvalue weighted by Gasteiger charge is 2.14. The summed E-state index contributed by atoms with van der Waals surface area (Å²) in [7, 11) is 0. The van der Waals surface area contributed by atoms with Crippen molar-refractivity contribution in [1.29, 1.82) is 0 Å². The van der Waals surface area contributed by atoms with Gasteiger partial charge in [-0.3, -0.25) is 0 Å². The van der Waals surface area contributed by atoms with Crippen molar-refractivity contribution in [2.45, 2.75) is 25.8 Å². The molecule has 0 aromatic heterocycles. The van der Waals surface area contributed by atoms with Crippen LogP contribution in [0.3, 0.4) is 0 Å². The van der Waals surface area contributed by atoms with E-state index in [2.05, 4.69) is 6.92 Å². The van der Waals surface area contributed by atoms with Crippen molar-refractivity contribution in [2.24, 2.45) is 5.73 Å². The van der Waals surface area contributed by atoms with Crippen molar-refractivity contribution >= 4 is 0 Å². The monoisotopic (exact) mass is 261 g/mol. The molecule has 1 unspecified atom stereocenters.